The summed E-state index contributed by atoms with van der Waals surface area (Å²) < 4.78 is 93.4. The lowest BCUT2D eigenvalue weighted by atomic mass is 10.0. The van der Waals surface area contributed by atoms with Gasteiger partial charge in [0.2, 0.25) is 11.7 Å². The fourth-order valence-corrected chi connectivity index (χ4v) is 4.20. The predicted octanol–water partition coefficient (Wildman–Crippen LogP) is 4.75. The van der Waals surface area contributed by atoms with Crippen LogP contribution >= 0.6 is 0 Å². The number of fused-ring (bicyclic) bond motifs is 1. The van der Waals surface area contributed by atoms with Gasteiger partial charge in [-0.15, -0.1) is 0 Å². The number of rotatable bonds is 8. The molecule has 1 atom stereocenters. The number of nitrogens with zero attached hydrogens (tertiary/aromatic N) is 3. The Labute approximate surface area is 231 Å². The zero-order chi connectivity index (χ0) is 30.7. The highest BCUT2D eigenvalue weighted by molar-refractivity contribution is 5.89. The van der Waals surface area contributed by atoms with Gasteiger partial charge < -0.3 is 24.3 Å². The number of benzene rings is 1. The quantitative estimate of drug-likeness (QED) is 0.270. The summed E-state index contributed by atoms with van der Waals surface area (Å²) >= 11 is 0. The molecule has 226 valence electrons. The van der Waals surface area contributed by atoms with Gasteiger partial charge in [0.15, 0.2) is 17.3 Å². The van der Waals surface area contributed by atoms with Crippen molar-refractivity contribution in [2.45, 2.75) is 77.9 Å². The summed E-state index contributed by atoms with van der Waals surface area (Å²) in [6.45, 7) is 5.42. The van der Waals surface area contributed by atoms with E-state index in [0.717, 1.165) is 9.47 Å². The summed E-state index contributed by atoms with van der Waals surface area (Å²) in [7, 11) is 0. The normalized spacial score (nSPS) is 14.3. The van der Waals surface area contributed by atoms with E-state index >= 15 is 0 Å². The van der Waals surface area contributed by atoms with Crippen LogP contribution in [0.2, 0.25) is 0 Å². The van der Waals surface area contributed by atoms with Gasteiger partial charge in [0.05, 0.1) is 18.8 Å². The molecule has 0 radical (unpaired) electrons. The summed E-state index contributed by atoms with van der Waals surface area (Å²) in [5, 5.41) is 2.42. The number of hydrogen-bond donors (Lipinski definition) is 1. The van der Waals surface area contributed by atoms with Crippen LogP contribution < -0.4 is 5.32 Å². The third kappa shape index (κ3) is 8.13. The van der Waals surface area contributed by atoms with E-state index in [4.69, 9.17) is 9.47 Å². The van der Waals surface area contributed by atoms with Crippen LogP contribution in [-0.2, 0) is 40.0 Å². The maximum Gasteiger partial charge on any atom is 0.449 e. The first-order chi connectivity index (χ1) is 19.0. The van der Waals surface area contributed by atoms with Crippen molar-refractivity contribution < 1.29 is 50.2 Å². The minimum Gasteiger partial charge on any atom is -0.461 e. The SMILES string of the molecule is CCCOC(=O)c1nc(C(F)(F)F)n2c1CN(C(=O)C[C@@H](Cc1cc(F)c(F)cc1F)NC(=O)OC(C)(C)C)CC2. The maximum atomic E-state index is 14.4. The summed E-state index contributed by atoms with van der Waals surface area (Å²) in [6, 6.07) is -0.242. The molecular formula is C26H30F6N4O5. The molecule has 15 heteroatoms. The molecule has 1 N–H and O–H groups in total. The number of carbonyl (C=O) groups is 3. The molecule has 2 amide bonds. The highest BCUT2D eigenvalue weighted by Crippen LogP contribution is 2.33. The van der Waals surface area contributed by atoms with Gasteiger partial charge in [-0.25, -0.2) is 27.7 Å². The Kier molecular flexibility index (Phi) is 9.59. The minimum absolute atomic E-state index is 0.0479. The van der Waals surface area contributed by atoms with E-state index in [0.29, 0.717) is 18.6 Å². The Morgan fingerprint density at radius 3 is 2.32 bits per heavy atom. The molecule has 0 fully saturated rings. The molecule has 0 spiro atoms. The minimum atomic E-state index is -4.87. The molecule has 0 saturated heterocycles. The molecule has 2 heterocycles. The van der Waals surface area contributed by atoms with E-state index in [9.17, 15) is 40.7 Å². The van der Waals surface area contributed by atoms with Crippen molar-refractivity contribution in [2.75, 3.05) is 13.2 Å². The van der Waals surface area contributed by atoms with Crippen molar-refractivity contribution >= 4 is 18.0 Å². The summed E-state index contributed by atoms with van der Waals surface area (Å²) in [4.78, 5) is 42.8. The predicted molar refractivity (Wildman–Crippen MR) is 131 cm³/mol. The van der Waals surface area contributed by atoms with Crippen LogP contribution in [0.15, 0.2) is 12.1 Å². The number of nitrogens with one attached hydrogen (secondary N) is 1. The van der Waals surface area contributed by atoms with Gasteiger partial charge in [0, 0.05) is 31.6 Å². The van der Waals surface area contributed by atoms with E-state index in [2.05, 4.69) is 10.3 Å². The van der Waals surface area contributed by atoms with Gasteiger partial charge in [0.25, 0.3) is 0 Å². The number of hydrogen-bond acceptors (Lipinski definition) is 6. The van der Waals surface area contributed by atoms with E-state index in [1.165, 1.54) is 0 Å². The number of ether oxygens (including phenoxy) is 2. The fraction of sp³-hybridized carbons (Fsp3) is 0.538. The van der Waals surface area contributed by atoms with Gasteiger partial charge in [0.1, 0.15) is 11.4 Å². The Morgan fingerprint density at radius 1 is 1.05 bits per heavy atom. The number of imidazole rings is 1. The molecule has 1 aliphatic rings. The third-order valence-corrected chi connectivity index (χ3v) is 5.94. The molecule has 1 aliphatic heterocycles. The first kappa shape index (κ1) is 31.7. The average Bonchev–Trinajstić information content (AvgIpc) is 3.24. The molecule has 9 nitrogen and oxygen atoms in total. The molecule has 1 aromatic heterocycles. The smallest absolute Gasteiger partial charge is 0.449 e. The average molecular weight is 593 g/mol. The second kappa shape index (κ2) is 12.4. The Balaban J connectivity index is 1.86. The fourth-order valence-electron chi connectivity index (χ4n) is 4.20. The number of halogens is 6. The van der Waals surface area contributed by atoms with Gasteiger partial charge in [-0.05, 0) is 45.2 Å². The van der Waals surface area contributed by atoms with Crippen molar-refractivity contribution in [3.63, 3.8) is 0 Å². The van der Waals surface area contributed by atoms with Crippen LogP contribution in [0.3, 0.4) is 0 Å². The van der Waals surface area contributed by atoms with Crippen molar-refractivity contribution in [3.8, 4) is 0 Å². The molecule has 1 aromatic carbocycles. The molecule has 0 saturated carbocycles. The van der Waals surface area contributed by atoms with Crippen LogP contribution in [0.4, 0.5) is 31.1 Å². The lowest BCUT2D eigenvalue weighted by molar-refractivity contribution is -0.148. The van der Waals surface area contributed by atoms with Crippen molar-refractivity contribution in [1.29, 1.82) is 0 Å². The van der Waals surface area contributed by atoms with Crippen LogP contribution in [0, 0.1) is 17.5 Å². The van der Waals surface area contributed by atoms with Gasteiger partial charge >= 0.3 is 18.2 Å². The highest BCUT2D eigenvalue weighted by Gasteiger charge is 2.42. The first-order valence-electron chi connectivity index (χ1n) is 12.7. The van der Waals surface area contributed by atoms with Crippen molar-refractivity contribution in [1.82, 2.24) is 19.8 Å². The van der Waals surface area contributed by atoms with Crippen LogP contribution in [0.5, 0.6) is 0 Å². The Morgan fingerprint density at radius 2 is 1.71 bits per heavy atom. The topological polar surface area (TPSA) is 103 Å². The molecular weight excluding hydrogens is 562 g/mol. The van der Waals surface area contributed by atoms with E-state index in [-0.39, 0.29) is 31.0 Å². The highest BCUT2D eigenvalue weighted by atomic mass is 19.4. The van der Waals surface area contributed by atoms with Crippen molar-refractivity contribution in [2.24, 2.45) is 0 Å². The summed E-state index contributed by atoms with van der Waals surface area (Å²) in [5.74, 6) is -6.92. The Hall–Kier alpha value is -3.78. The number of esters is 1. The van der Waals surface area contributed by atoms with Crippen LogP contribution in [-0.4, -0.2) is 57.2 Å². The molecule has 0 unspecified atom stereocenters. The van der Waals surface area contributed by atoms with Gasteiger partial charge in [-0.2, -0.15) is 13.2 Å². The molecule has 41 heavy (non-hydrogen) atoms. The van der Waals surface area contributed by atoms with E-state index in [1.807, 2.05) is 0 Å². The van der Waals surface area contributed by atoms with Crippen LogP contribution in [0.25, 0.3) is 0 Å². The third-order valence-electron chi connectivity index (χ3n) is 5.94. The zero-order valence-corrected chi connectivity index (χ0v) is 22.8. The number of alkyl halides is 3. The zero-order valence-electron chi connectivity index (χ0n) is 22.8. The number of carbonyl (C=O) groups excluding carboxylic acids is 3. The van der Waals surface area contributed by atoms with Crippen molar-refractivity contribution in [3.05, 3.63) is 52.4 Å². The lowest BCUT2D eigenvalue weighted by Crippen LogP contribution is -2.45. The molecule has 3 rings (SSSR count). The largest absolute Gasteiger partial charge is 0.461 e. The first-order valence-corrected chi connectivity index (χ1v) is 12.7. The second-order valence-corrected chi connectivity index (χ2v) is 10.4. The second-order valence-electron chi connectivity index (χ2n) is 10.4. The van der Waals surface area contributed by atoms with E-state index in [1.54, 1.807) is 27.7 Å². The standard InChI is InChI=1S/C26H30F6N4O5/c1-5-8-40-22(38)21-19-13-35(6-7-36(19)23(34-21)26(30,31)32)20(37)11-15(33-24(39)41-25(2,3)4)9-14-10-17(28)18(29)12-16(14)27/h10,12,15H,5-9,11,13H2,1-4H3,(H,33,39)/t15-/m1/s1. The number of amides is 2. The number of alkyl carbamates (subject to hydrolysis) is 1. The maximum absolute atomic E-state index is 14.4. The van der Waals surface area contributed by atoms with Crippen LogP contribution in [0.1, 0.15) is 68.1 Å². The molecule has 0 bridgehead atoms. The lowest BCUT2D eigenvalue weighted by Gasteiger charge is -2.31. The molecule has 2 aromatic rings. The summed E-state index contributed by atoms with van der Waals surface area (Å²) in [6.07, 6.45) is -6.37. The Bertz CT molecular complexity index is 1300. The van der Waals surface area contributed by atoms with E-state index < -0.39 is 84.1 Å². The van der Waals surface area contributed by atoms with Gasteiger partial charge in [-0.1, -0.05) is 6.92 Å². The number of aromatic nitrogens is 2. The monoisotopic (exact) mass is 592 g/mol. The van der Waals surface area contributed by atoms with Gasteiger partial charge in [-0.3, -0.25) is 4.79 Å². The summed E-state index contributed by atoms with van der Waals surface area (Å²) in [5.41, 5.74) is -2.02. The molecule has 0 aliphatic carbocycles.